The second-order valence-corrected chi connectivity index (χ2v) is 4.72. The van der Waals surface area contributed by atoms with E-state index in [0.29, 0.717) is 0 Å². The summed E-state index contributed by atoms with van der Waals surface area (Å²) < 4.78 is 0. The van der Waals surface area contributed by atoms with Crippen molar-refractivity contribution in [2.24, 2.45) is 0 Å². The van der Waals surface area contributed by atoms with Gasteiger partial charge in [-0.1, -0.05) is 36.4 Å². The first-order chi connectivity index (χ1) is 8.79. The van der Waals surface area contributed by atoms with Gasteiger partial charge in [0.2, 0.25) is 0 Å². The van der Waals surface area contributed by atoms with Gasteiger partial charge in [-0.3, -0.25) is 4.79 Å². The Bertz CT molecular complexity index is 541. The molecule has 0 aliphatic carbocycles. The zero-order valence-electron chi connectivity index (χ0n) is 10.2. The molecule has 2 aromatic rings. The van der Waals surface area contributed by atoms with Crippen molar-refractivity contribution < 1.29 is 4.79 Å². The second kappa shape index (κ2) is 6.22. The average Bonchev–Trinajstić information content (AvgIpc) is 2.46. The van der Waals surface area contributed by atoms with Crippen LogP contribution in [-0.2, 0) is 0 Å². The van der Waals surface area contributed by atoms with E-state index in [4.69, 9.17) is 0 Å². The lowest BCUT2D eigenvalue weighted by atomic mass is 10.1. The Morgan fingerprint density at radius 2 is 1.67 bits per heavy atom. The van der Waals surface area contributed by atoms with Crippen molar-refractivity contribution in [1.82, 2.24) is 0 Å². The van der Waals surface area contributed by atoms with Gasteiger partial charge in [0.15, 0.2) is 5.78 Å². The van der Waals surface area contributed by atoms with Crippen molar-refractivity contribution in [1.29, 1.82) is 0 Å². The molecule has 90 valence electrons. The standard InChI is InChI=1S/C16H14OS/c1-18-15-10-8-14(9-11-15)16(17)12-7-13-5-3-2-4-6-13/h2-12H,1H3/b12-7-. The van der Waals surface area contributed by atoms with E-state index in [0.717, 1.165) is 11.1 Å². The molecule has 0 aromatic heterocycles. The molecule has 18 heavy (non-hydrogen) atoms. The van der Waals surface area contributed by atoms with Gasteiger partial charge in [-0.25, -0.2) is 0 Å². The van der Waals surface area contributed by atoms with Crippen molar-refractivity contribution >= 4 is 23.6 Å². The quantitative estimate of drug-likeness (QED) is 0.459. The second-order valence-electron chi connectivity index (χ2n) is 3.84. The number of benzene rings is 2. The molecule has 2 rings (SSSR count). The van der Waals surface area contributed by atoms with Crippen molar-refractivity contribution in [3.8, 4) is 0 Å². The summed E-state index contributed by atoms with van der Waals surface area (Å²) in [7, 11) is 0. The van der Waals surface area contributed by atoms with Gasteiger partial charge in [0, 0.05) is 10.5 Å². The SMILES string of the molecule is CSc1ccc(C(=O)/C=C\c2ccccc2)cc1. The van der Waals surface area contributed by atoms with Crippen LogP contribution in [0.15, 0.2) is 65.6 Å². The van der Waals surface area contributed by atoms with Crippen LogP contribution in [0.2, 0.25) is 0 Å². The third-order valence-corrected chi connectivity index (χ3v) is 3.34. The van der Waals surface area contributed by atoms with Gasteiger partial charge >= 0.3 is 0 Å². The van der Waals surface area contributed by atoms with Crippen molar-refractivity contribution in [2.45, 2.75) is 4.90 Å². The van der Waals surface area contributed by atoms with Crippen LogP contribution < -0.4 is 0 Å². The lowest BCUT2D eigenvalue weighted by Crippen LogP contribution is -1.93. The zero-order chi connectivity index (χ0) is 12.8. The molecule has 0 unspecified atom stereocenters. The fraction of sp³-hybridized carbons (Fsp3) is 0.0625. The zero-order valence-corrected chi connectivity index (χ0v) is 11.0. The number of thioether (sulfide) groups is 1. The van der Waals surface area contributed by atoms with Crippen LogP contribution in [0.1, 0.15) is 15.9 Å². The van der Waals surface area contributed by atoms with Gasteiger partial charge in [-0.2, -0.15) is 0 Å². The van der Waals surface area contributed by atoms with E-state index in [-0.39, 0.29) is 5.78 Å². The molecular formula is C16H14OS. The summed E-state index contributed by atoms with van der Waals surface area (Å²) in [5, 5.41) is 0. The lowest BCUT2D eigenvalue weighted by Gasteiger charge is -1.98. The molecule has 0 amide bonds. The van der Waals surface area contributed by atoms with E-state index in [9.17, 15) is 4.79 Å². The molecule has 0 atom stereocenters. The Labute approximate surface area is 112 Å². The van der Waals surface area contributed by atoms with Gasteiger partial charge in [-0.15, -0.1) is 11.8 Å². The number of allylic oxidation sites excluding steroid dienone is 1. The Balaban J connectivity index is 2.09. The van der Waals surface area contributed by atoms with Crippen LogP contribution in [-0.4, -0.2) is 12.0 Å². The minimum Gasteiger partial charge on any atom is -0.289 e. The molecule has 0 aliphatic rings. The van der Waals surface area contributed by atoms with E-state index in [1.54, 1.807) is 17.8 Å². The number of hydrogen-bond donors (Lipinski definition) is 0. The highest BCUT2D eigenvalue weighted by molar-refractivity contribution is 7.98. The maximum atomic E-state index is 11.9. The Kier molecular flexibility index (Phi) is 4.37. The molecule has 2 aromatic carbocycles. The largest absolute Gasteiger partial charge is 0.289 e. The Morgan fingerprint density at radius 3 is 2.28 bits per heavy atom. The molecule has 0 saturated heterocycles. The summed E-state index contributed by atoms with van der Waals surface area (Å²) in [5.41, 5.74) is 1.76. The number of hydrogen-bond acceptors (Lipinski definition) is 2. The molecule has 2 heteroatoms. The molecule has 0 fully saturated rings. The van der Waals surface area contributed by atoms with Crippen molar-refractivity contribution in [3.63, 3.8) is 0 Å². The van der Waals surface area contributed by atoms with Gasteiger partial charge in [0.1, 0.15) is 0 Å². The summed E-state index contributed by atoms with van der Waals surface area (Å²) in [6, 6.07) is 17.5. The third kappa shape index (κ3) is 3.34. The predicted molar refractivity (Wildman–Crippen MR) is 78.0 cm³/mol. The Hall–Kier alpha value is -1.80. The summed E-state index contributed by atoms with van der Waals surface area (Å²) in [6.07, 6.45) is 5.47. The molecule has 0 heterocycles. The molecule has 0 N–H and O–H groups in total. The molecular weight excluding hydrogens is 240 g/mol. The van der Waals surface area contributed by atoms with E-state index in [2.05, 4.69) is 0 Å². The average molecular weight is 254 g/mol. The van der Waals surface area contributed by atoms with Crippen LogP contribution in [0.25, 0.3) is 6.08 Å². The maximum Gasteiger partial charge on any atom is 0.185 e. The maximum absolute atomic E-state index is 11.9. The number of carbonyl (C=O) groups is 1. The molecule has 0 bridgehead atoms. The van der Waals surface area contributed by atoms with Gasteiger partial charge in [0.05, 0.1) is 0 Å². The predicted octanol–water partition coefficient (Wildman–Crippen LogP) is 4.30. The monoisotopic (exact) mass is 254 g/mol. The van der Waals surface area contributed by atoms with E-state index >= 15 is 0 Å². The van der Waals surface area contributed by atoms with E-state index in [1.165, 1.54) is 4.90 Å². The summed E-state index contributed by atoms with van der Waals surface area (Å²) in [6.45, 7) is 0. The van der Waals surface area contributed by atoms with Crippen LogP contribution in [0.4, 0.5) is 0 Å². The number of carbonyl (C=O) groups excluding carboxylic acids is 1. The normalized spacial score (nSPS) is 10.7. The summed E-state index contributed by atoms with van der Waals surface area (Å²) in [5.74, 6) is 0.0338. The van der Waals surface area contributed by atoms with Gasteiger partial charge in [0.25, 0.3) is 0 Å². The minimum atomic E-state index is 0.0338. The third-order valence-electron chi connectivity index (χ3n) is 2.60. The number of ketones is 1. The highest BCUT2D eigenvalue weighted by Crippen LogP contribution is 2.15. The Morgan fingerprint density at radius 1 is 1.00 bits per heavy atom. The molecule has 1 nitrogen and oxygen atoms in total. The lowest BCUT2D eigenvalue weighted by molar-refractivity contribution is 0.104. The van der Waals surface area contributed by atoms with Crippen LogP contribution >= 0.6 is 11.8 Å². The molecule has 0 aliphatic heterocycles. The van der Waals surface area contributed by atoms with Gasteiger partial charge in [-0.05, 0) is 42.2 Å². The first kappa shape index (κ1) is 12.7. The summed E-state index contributed by atoms with van der Waals surface area (Å²) in [4.78, 5) is 13.1. The molecule has 0 spiro atoms. The van der Waals surface area contributed by atoms with Crippen LogP contribution in [0, 0.1) is 0 Å². The van der Waals surface area contributed by atoms with E-state index < -0.39 is 0 Å². The smallest absolute Gasteiger partial charge is 0.185 e. The summed E-state index contributed by atoms with van der Waals surface area (Å²) >= 11 is 1.67. The number of rotatable bonds is 4. The molecule has 0 saturated carbocycles. The topological polar surface area (TPSA) is 17.1 Å². The first-order valence-corrected chi connectivity index (χ1v) is 6.93. The van der Waals surface area contributed by atoms with Crippen LogP contribution in [0.5, 0.6) is 0 Å². The molecule has 0 radical (unpaired) electrons. The van der Waals surface area contributed by atoms with Crippen molar-refractivity contribution in [2.75, 3.05) is 6.26 Å². The highest BCUT2D eigenvalue weighted by atomic mass is 32.2. The van der Waals surface area contributed by atoms with E-state index in [1.807, 2.05) is 66.9 Å². The first-order valence-electron chi connectivity index (χ1n) is 5.71. The van der Waals surface area contributed by atoms with Gasteiger partial charge < -0.3 is 0 Å². The van der Waals surface area contributed by atoms with Crippen molar-refractivity contribution in [3.05, 3.63) is 71.8 Å². The fourth-order valence-electron chi connectivity index (χ4n) is 1.59. The fourth-order valence-corrected chi connectivity index (χ4v) is 2.00. The highest BCUT2D eigenvalue weighted by Gasteiger charge is 2.01. The van der Waals surface area contributed by atoms with Crippen LogP contribution in [0.3, 0.4) is 0 Å². The minimum absolute atomic E-state index is 0.0338.